The highest BCUT2D eigenvalue weighted by Gasteiger charge is 2.34. The normalized spacial score (nSPS) is 11.8. The van der Waals surface area contributed by atoms with Crippen LogP contribution < -0.4 is 0 Å². The van der Waals surface area contributed by atoms with Crippen molar-refractivity contribution in [2.45, 2.75) is 26.2 Å². The maximum atomic E-state index is 13.2. The number of likely N-dealkylation sites (N-methyl/N-ethyl adjacent to an activating group) is 1. The van der Waals surface area contributed by atoms with Crippen molar-refractivity contribution in [2.75, 3.05) is 14.1 Å². The Morgan fingerprint density at radius 1 is 1.20 bits per heavy atom. The highest BCUT2D eigenvalue weighted by atomic mass is 19.1. The summed E-state index contributed by atoms with van der Waals surface area (Å²) >= 11 is 0. The molecule has 0 saturated heterocycles. The van der Waals surface area contributed by atoms with Crippen molar-refractivity contribution >= 4 is 11.6 Å². The second kappa shape index (κ2) is 5.95. The van der Waals surface area contributed by atoms with E-state index in [-0.39, 0.29) is 11.7 Å². The molecule has 0 bridgehead atoms. The van der Waals surface area contributed by atoms with E-state index < -0.39 is 5.41 Å². The van der Waals surface area contributed by atoms with E-state index in [9.17, 15) is 9.18 Å². The number of aryl methyl sites for hydroxylation is 1. The number of benzene rings is 1. The monoisotopic (exact) mass is 340 g/mol. The van der Waals surface area contributed by atoms with Crippen LogP contribution in [0.2, 0.25) is 0 Å². The van der Waals surface area contributed by atoms with Crippen LogP contribution in [-0.4, -0.2) is 39.5 Å². The van der Waals surface area contributed by atoms with Gasteiger partial charge in [0.1, 0.15) is 5.82 Å². The molecule has 0 unspecified atom stereocenters. The quantitative estimate of drug-likeness (QED) is 0.736. The van der Waals surface area contributed by atoms with Crippen LogP contribution in [0, 0.1) is 12.7 Å². The van der Waals surface area contributed by atoms with Gasteiger partial charge in [0.05, 0.1) is 23.0 Å². The molecule has 3 aromatic rings. The summed E-state index contributed by atoms with van der Waals surface area (Å²) in [5, 5.41) is 4.58. The van der Waals surface area contributed by atoms with Gasteiger partial charge in [-0.3, -0.25) is 4.79 Å². The van der Waals surface area contributed by atoms with Gasteiger partial charge < -0.3 is 4.90 Å². The van der Waals surface area contributed by atoms with E-state index in [2.05, 4.69) is 10.1 Å². The Morgan fingerprint density at radius 2 is 1.84 bits per heavy atom. The van der Waals surface area contributed by atoms with Gasteiger partial charge in [-0.2, -0.15) is 5.10 Å². The third-order valence-corrected chi connectivity index (χ3v) is 4.30. The summed E-state index contributed by atoms with van der Waals surface area (Å²) in [4.78, 5) is 18.8. The minimum Gasteiger partial charge on any atom is -0.348 e. The molecule has 5 nitrogen and oxygen atoms in total. The molecule has 3 rings (SSSR count). The molecule has 0 atom stereocenters. The second-order valence-corrected chi connectivity index (χ2v) is 6.93. The van der Waals surface area contributed by atoms with E-state index >= 15 is 0 Å². The van der Waals surface area contributed by atoms with Crippen molar-refractivity contribution in [1.82, 2.24) is 19.5 Å². The van der Waals surface area contributed by atoms with Gasteiger partial charge in [-0.25, -0.2) is 13.9 Å². The lowest BCUT2D eigenvalue weighted by molar-refractivity contribution is -0.133. The summed E-state index contributed by atoms with van der Waals surface area (Å²) < 4.78 is 14.9. The standard InChI is InChI=1S/C19H21FN4O/c1-12-11-24-17(21-12)15(19(2,3)18(25)23(4)5)10-16(22-24)13-6-8-14(20)9-7-13/h6-11H,1-5H3. The zero-order valence-corrected chi connectivity index (χ0v) is 15.0. The van der Waals surface area contributed by atoms with E-state index in [1.807, 2.05) is 33.0 Å². The number of nitrogens with zero attached hydrogens (tertiary/aromatic N) is 4. The summed E-state index contributed by atoms with van der Waals surface area (Å²) in [6.07, 6.45) is 1.82. The van der Waals surface area contributed by atoms with Crippen LogP contribution in [0.4, 0.5) is 4.39 Å². The Labute approximate surface area is 146 Å². The van der Waals surface area contributed by atoms with E-state index in [1.165, 1.54) is 12.1 Å². The van der Waals surface area contributed by atoms with Crippen molar-refractivity contribution in [1.29, 1.82) is 0 Å². The maximum absolute atomic E-state index is 13.2. The van der Waals surface area contributed by atoms with Crippen LogP contribution in [0.15, 0.2) is 36.5 Å². The molecule has 0 radical (unpaired) electrons. The lowest BCUT2D eigenvalue weighted by Gasteiger charge is -2.28. The largest absolute Gasteiger partial charge is 0.348 e. The molecule has 0 saturated carbocycles. The third-order valence-electron chi connectivity index (χ3n) is 4.30. The van der Waals surface area contributed by atoms with Crippen LogP contribution in [-0.2, 0) is 10.2 Å². The fraction of sp³-hybridized carbons (Fsp3) is 0.316. The van der Waals surface area contributed by atoms with Crippen molar-refractivity contribution in [3.8, 4) is 11.3 Å². The predicted molar refractivity (Wildman–Crippen MR) is 94.8 cm³/mol. The molecule has 130 valence electrons. The molecule has 0 N–H and O–H groups in total. The average Bonchev–Trinajstić information content (AvgIpc) is 2.93. The summed E-state index contributed by atoms with van der Waals surface area (Å²) in [5.74, 6) is -0.321. The Balaban J connectivity index is 2.26. The maximum Gasteiger partial charge on any atom is 0.232 e. The lowest BCUT2D eigenvalue weighted by atomic mass is 9.83. The van der Waals surface area contributed by atoms with Crippen LogP contribution in [0.5, 0.6) is 0 Å². The molecule has 1 aromatic carbocycles. The minimum atomic E-state index is -0.778. The Kier molecular flexibility index (Phi) is 4.06. The fourth-order valence-electron chi connectivity index (χ4n) is 2.99. The zero-order valence-electron chi connectivity index (χ0n) is 15.0. The Morgan fingerprint density at radius 3 is 2.44 bits per heavy atom. The molecule has 6 heteroatoms. The molecule has 0 aliphatic carbocycles. The van der Waals surface area contributed by atoms with Crippen LogP contribution >= 0.6 is 0 Å². The first-order chi connectivity index (χ1) is 11.7. The molecule has 0 aliphatic rings. The summed E-state index contributed by atoms with van der Waals surface area (Å²) in [5.41, 5.74) is 2.93. The minimum absolute atomic E-state index is 0.0219. The van der Waals surface area contributed by atoms with E-state index in [4.69, 9.17) is 0 Å². The van der Waals surface area contributed by atoms with E-state index in [0.29, 0.717) is 11.3 Å². The van der Waals surface area contributed by atoms with Crippen LogP contribution in [0.1, 0.15) is 25.1 Å². The molecule has 0 aliphatic heterocycles. The lowest BCUT2D eigenvalue weighted by Crippen LogP contribution is -2.39. The van der Waals surface area contributed by atoms with E-state index in [0.717, 1.165) is 16.8 Å². The van der Waals surface area contributed by atoms with Crippen LogP contribution in [0.3, 0.4) is 0 Å². The molecule has 0 spiro atoms. The van der Waals surface area contributed by atoms with Crippen molar-refractivity contribution < 1.29 is 9.18 Å². The number of hydrogen-bond acceptors (Lipinski definition) is 3. The highest BCUT2D eigenvalue weighted by molar-refractivity contribution is 5.89. The smallest absolute Gasteiger partial charge is 0.232 e. The average molecular weight is 340 g/mol. The summed E-state index contributed by atoms with van der Waals surface area (Å²) in [7, 11) is 3.47. The number of halogens is 1. The van der Waals surface area contributed by atoms with Gasteiger partial charge in [0, 0.05) is 25.2 Å². The molecule has 2 aromatic heterocycles. The molecule has 25 heavy (non-hydrogen) atoms. The van der Waals surface area contributed by atoms with E-state index in [1.54, 1.807) is 35.6 Å². The second-order valence-electron chi connectivity index (χ2n) is 6.93. The Hall–Kier alpha value is -2.76. The van der Waals surface area contributed by atoms with Crippen molar-refractivity contribution in [3.05, 3.63) is 53.6 Å². The number of aromatic nitrogens is 3. The number of carbonyl (C=O) groups is 1. The first-order valence-corrected chi connectivity index (χ1v) is 8.05. The number of rotatable bonds is 3. The topological polar surface area (TPSA) is 50.5 Å². The number of carbonyl (C=O) groups excluding carboxylic acids is 1. The molecule has 1 amide bonds. The van der Waals surface area contributed by atoms with Crippen molar-refractivity contribution in [2.24, 2.45) is 0 Å². The predicted octanol–water partition coefficient (Wildman–Crippen LogP) is 3.21. The Bertz CT molecular complexity index is 942. The molecule has 2 heterocycles. The van der Waals surface area contributed by atoms with Gasteiger partial charge in [0.2, 0.25) is 5.91 Å². The number of amides is 1. The van der Waals surface area contributed by atoms with Gasteiger partial charge in [-0.15, -0.1) is 0 Å². The first-order valence-electron chi connectivity index (χ1n) is 8.05. The zero-order chi connectivity index (χ0) is 18.4. The number of fused-ring (bicyclic) bond motifs is 1. The molecule has 0 fully saturated rings. The van der Waals surface area contributed by atoms with Gasteiger partial charge in [-0.1, -0.05) is 0 Å². The van der Waals surface area contributed by atoms with Gasteiger partial charge >= 0.3 is 0 Å². The summed E-state index contributed by atoms with van der Waals surface area (Å²) in [6, 6.07) is 8.03. The molecular formula is C19H21FN4O. The highest BCUT2D eigenvalue weighted by Crippen LogP contribution is 2.31. The third kappa shape index (κ3) is 2.99. The number of hydrogen-bond donors (Lipinski definition) is 0. The first kappa shape index (κ1) is 17.1. The SMILES string of the molecule is Cc1cn2nc(-c3ccc(F)cc3)cc(C(C)(C)C(=O)N(C)C)c2n1. The molecular weight excluding hydrogens is 319 g/mol. The fourth-order valence-corrected chi connectivity index (χ4v) is 2.99. The summed E-state index contributed by atoms with van der Waals surface area (Å²) in [6.45, 7) is 5.64. The van der Waals surface area contributed by atoms with Gasteiger partial charge in [0.25, 0.3) is 0 Å². The van der Waals surface area contributed by atoms with Gasteiger partial charge in [0.15, 0.2) is 5.65 Å². The van der Waals surface area contributed by atoms with Gasteiger partial charge in [-0.05, 0) is 51.1 Å². The van der Waals surface area contributed by atoms with Crippen molar-refractivity contribution in [3.63, 3.8) is 0 Å². The number of imidazole rings is 1. The van der Waals surface area contributed by atoms with Crippen LogP contribution in [0.25, 0.3) is 16.9 Å².